The zero-order valence-electron chi connectivity index (χ0n) is 14.7. The molecule has 2 N–H and O–H groups in total. The fourth-order valence-corrected chi connectivity index (χ4v) is 4.39. The number of halogens is 3. The van der Waals surface area contributed by atoms with E-state index in [0.29, 0.717) is 15.8 Å². The van der Waals surface area contributed by atoms with Gasteiger partial charge in [-0.05, 0) is 55.7 Å². The smallest absolute Gasteiger partial charge is 0.253 e. The SMILES string of the molecule is CSCCC(NC(=O)c1ccc(Cl)cc1Cl)C(=O)NC(C)c1ccc(Cl)s1. The van der Waals surface area contributed by atoms with Crippen LogP contribution in [0.25, 0.3) is 0 Å². The topological polar surface area (TPSA) is 58.2 Å². The molecule has 0 aliphatic carbocycles. The van der Waals surface area contributed by atoms with Gasteiger partial charge < -0.3 is 10.6 Å². The number of carbonyl (C=O) groups excluding carboxylic acids is 2. The lowest BCUT2D eigenvalue weighted by molar-refractivity contribution is -0.123. The van der Waals surface area contributed by atoms with Crippen molar-refractivity contribution < 1.29 is 9.59 Å². The number of nitrogens with one attached hydrogen (secondary N) is 2. The predicted molar refractivity (Wildman–Crippen MR) is 117 cm³/mol. The molecule has 0 saturated carbocycles. The van der Waals surface area contributed by atoms with Crippen molar-refractivity contribution in [1.29, 1.82) is 0 Å². The van der Waals surface area contributed by atoms with E-state index in [9.17, 15) is 9.59 Å². The highest BCUT2D eigenvalue weighted by Crippen LogP contribution is 2.27. The molecule has 2 rings (SSSR count). The monoisotopic (exact) mass is 464 g/mol. The zero-order chi connectivity index (χ0) is 20.0. The van der Waals surface area contributed by atoms with Gasteiger partial charge >= 0.3 is 0 Å². The van der Waals surface area contributed by atoms with E-state index in [-0.39, 0.29) is 22.5 Å². The molecule has 0 fully saturated rings. The summed E-state index contributed by atoms with van der Waals surface area (Å²) in [5, 5.41) is 6.39. The Kier molecular flexibility index (Phi) is 8.76. The third-order valence-electron chi connectivity index (χ3n) is 3.79. The summed E-state index contributed by atoms with van der Waals surface area (Å²) in [7, 11) is 0. The highest BCUT2D eigenvalue weighted by molar-refractivity contribution is 7.98. The minimum Gasteiger partial charge on any atom is -0.347 e. The van der Waals surface area contributed by atoms with Crippen LogP contribution in [0.4, 0.5) is 0 Å². The van der Waals surface area contributed by atoms with Gasteiger partial charge in [-0.3, -0.25) is 9.59 Å². The maximum absolute atomic E-state index is 12.7. The minimum absolute atomic E-state index is 0.206. The molecule has 0 bridgehead atoms. The van der Waals surface area contributed by atoms with Gasteiger partial charge in [-0.15, -0.1) is 11.3 Å². The second-order valence-electron chi connectivity index (χ2n) is 5.80. The fourth-order valence-electron chi connectivity index (χ4n) is 2.36. The Morgan fingerprint density at radius 1 is 1.15 bits per heavy atom. The average molecular weight is 466 g/mol. The van der Waals surface area contributed by atoms with Crippen LogP contribution in [0.2, 0.25) is 14.4 Å². The van der Waals surface area contributed by atoms with Crippen molar-refractivity contribution >= 4 is 69.7 Å². The van der Waals surface area contributed by atoms with Crippen LogP contribution in [0.1, 0.15) is 34.6 Å². The predicted octanol–water partition coefficient (Wildman–Crippen LogP) is 5.44. The number of benzene rings is 1. The van der Waals surface area contributed by atoms with Gasteiger partial charge in [0.15, 0.2) is 0 Å². The Balaban J connectivity index is 2.08. The van der Waals surface area contributed by atoms with Crippen LogP contribution in [0.3, 0.4) is 0 Å². The number of carbonyl (C=O) groups is 2. The molecule has 2 atom stereocenters. The van der Waals surface area contributed by atoms with Crippen LogP contribution in [0, 0.1) is 0 Å². The van der Waals surface area contributed by atoms with Crippen molar-refractivity contribution in [2.45, 2.75) is 25.4 Å². The summed E-state index contributed by atoms with van der Waals surface area (Å²) in [5.74, 6) is 0.0654. The average Bonchev–Trinajstić information content (AvgIpc) is 3.04. The number of amides is 2. The lowest BCUT2D eigenvalue weighted by atomic mass is 10.1. The Labute approximate surface area is 182 Å². The first-order valence-electron chi connectivity index (χ1n) is 8.12. The van der Waals surface area contributed by atoms with E-state index in [1.165, 1.54) is 17.4 Å². The van der Waals surface area contributed by atoms with Crippen molar-refractivity contribution in [1.82, 2.24) is 10.6 Å². The van der Waals surface area contributed by atoms with Crippen LogP contribution in [0.15, 0.2) is 30.3 Å². The Morgan fingerprint density at radius 2 is 1.89 bits per heavy atom. The van der Waals surface area contributed by atoms with Crippen molar-refractivity contribution in [3.63, 3.8) is 0 Å². The molecule has 2 unspecified atom stereocenters. The summed E-state index contributed by atoms with van der Waals surface area (Å²) < 4.78 is 0.663. The Morgan fingerprint density at radius 3 is 2.48 bits per heavy atom. The molecule has 0 aliphatic rings. The van der Waals surface area contributed by atoms with Crippen LogP contribution in [-0.4, -0.2) is 29.9 Å². The summed E-state index contributed by atoms with van der Waals surface area (Å²) in [6.45, 7) is 1.88. The molecule has 1 aromatic heterocycles. The zero-order valence-corrected chi connectivity index (χ0v) is 18.6. The van der Waals surface area contributed by atoms with Gasteiger partial charge in [-0.2, -0.15) is 11.8 Å². The molecule has 0 spiro atoms. The number of hydrogen-bond donors (Lipinski definition) is 2. The summed E-state index contributed by atoms with van der Waals surface area (Å²) in [4.78, 5) is 26.2. The molecular formula is C18H19Cl3N2O2S2. The van der Waals surface area contributed by atoms with Gasteiger partial charge in [0, 0.05) is 9.90 Å². The van der Waals surface area contributed by atoms with E-state index >= 15 is 0 Å². The van der Waals surface area contributed by atoms with E-state index < -0.39 is 11.9 Å². The van der Waals surface area contributed by atoms with Gasteiger partial charge in [-0.25, -0.2) is 0 Å². The summed E-state index contributed by atoms with van der Waals surface area (Å²) >= 11 is 20.9. The molecule has 0 saturated heterocycles. The first-order valence-corrected chi connectivity index (χ1v) is 11.5. The van der Waals surface area contributed by atoms with Gasteiger partial charge in [-0.1, -0.05) is 34.8 Å². The Bertz CT molecular complexity index is 814. The molecule has 0 radical (unpaired) electrons. The number of thioether (sulfide) groups is 1. The van der Waals surface area contributed by atoms with E-state index in [1.807, 2.05) is 19.2 Å². The van der Waals surface area contributed by atoms with Crippen LogP contribution < -0.4 is 10.6 Å². The normalized spacial score (nSPS) is 13.1. The first kappa shape index (κ1) is 22.4. The fraction of sp³-hybridized carbons (Fsp3) is 0.333. The van der Waals surface area contributed by atoms with Gasteiger partial charge in [0.2, 0.25) is 5.91 Å². The molecular weight excluding hydrogens is 447 g/mol. The lowest BCUT2D eigenvalue weighted by Gasteiger charge is -2.21. The maximum atomic E-state index is 12.7. The standard InChI is InChI=1S/C18H19Cl3N2O2S2/c1-10(15-5-6-16(21)27-15)22-18(25)14(7-8-26-2)23-17(24)12-4-3-11(19)9-13(12)20/h3-6,9-10,14H,7-8H2,1-2H3,(H,22,25)(H,23,24). The van der Waals surface area contributed by atoms with Crippen molar-refractivity contribution in [2.75, 3.05) is 12.0 Å². The molecule has 2 aromatic rings. The largest absolute Gasteiger partial charge is 0.347 e. The molecule has 9 heteroatoms. The highest BCUT2D eigenvalue weighted by atomic mass is 35.5. The quantitative estimate of drug-likeness (QED) is 0.546. The minimum atomic E-state index is -0.672. The number of rotatable bonds is 8. The van der Waals surface area contributed by atoms with E-state index in [2.05, 4.69) is 10.6 Å². The third kappa shape index (κ3) is 6.57. The van der Waals surface area contributed by atoms with E-state index in [0.717, 1.165) is 10.6 Å². The second kappa shape index (κ2) is 10.6. The molecule has 0 aliphatic heterocycles. The van der Waals surface area contributed by atoms with Crippen molar-refractivity contribution in [3.8, 4) is 0 Å². The molecule has 1 heterocycles. The van der Waals surface area contributed by atoms with Crippen molar-refractivity contribution in [3.05, 3.63) is 55.2 Å². The Hall–Kier alpha value is -0.920. The summed E-state index contributed by atoms with van der Waals surface area (Å²) in [6.07, 6.45) is 2.45. The highest BCUT2D eigenvalue weighted by Gasteiger charge is 2.24. The van der Waals surface area contributed by atoms with Gasteiger partial charge in [0.25, 0.3) is 5.91 Å². The molecule has 27 heavy (non-hydrogen) atoms. The molecule has 4 nitrogen and oxygen atoms in total. The van der Waals surface area contributed by atoms with Crippen LogP contribution in [0.5, 0.6) is 0 Å². The first-order chi connectivity index (χ1) is 12.8. The third-order valence-corrected chi connectivity index (χ3v) is 6.39. The second-order valence-corrected chi connectivity index (χ2v) is 9.38. The number of thiophene rings is 1. The van der Waals surface area contributed by atoms with Crippen LogP contribution in [-0.2, 0) is 4.79 Å². The summed E-state index contributed by atoms with van der Waals surface area (Å²) in [5.41, 5.74) is 0.279. The maximum Gasteiger partial charge on any atom is 0.253 e. The number of hydrogen-bond acceptors (Lipinski definition) is 4. The molecule has 2 amide bonds. The van der Waals surface area contributed by atoms with Crippen LogP contribution >= 0.6 is 57.9 Å². The molecule has 1 aromatic carbocycles. The van der Waals surface area contributed by atoms with Crippen molar-refractivity contribution in [2.24, 2.45) is 0 Å². The van der Waals surface area contributed by atoms with Gasteiger partial charge in [0.1, 0.15) is 6.04 Å². The summed E-state index contributed by atoms with van der Waals surface area (Å²) in [6, 6.07) is 7.41. The van der Waals surface area contributed by atoms with E-state index in [4.69, 9.17) is 34.8 Å². The lowest BCUT2D eigenvalue weighted by Crippen LogP contribution is -2.47. The van der Waals surface area contributed by atoms with E-state index in [1.54, 1.807) is 30.0 Å². The van der Waals surface area contributed by atoms with Gasteiger partial charge in [0.05, 0.1) is 21.0 Å². The molecule has 146 valence electrons.